The minimum Gasteiger partial charge on any atom is -0.493 e. The maximum absolute atomic E-state index is 14.4. The first kappa shape index (κ1) is 22.1. The Balaban J connectivity index is 1.61. The van der Waals surface area contributed by atoms with Crippen LogP contribution in [0.4, 0.5) is 15.8 Å². The van der Waals surface area contributed by atoms with Crippen molar-refractivity contribution in [1.29, 1.82) is 0 Å². The highest BCUT2D eigenvalue weighted by Crippen LogP contribution is 2.37. The lowest BCUT2D eigenvalue weighted by molar-refractivity contribution is 0.0996. The zero-order valence-corrected chi connectivity index (χ0v) is 19.0. The molecule has 0 aliphatic rings. The minimum absolute atomic E-state index is 0.0255. The molecule has 8 heteroatoms. The summed E-state index contributed by atoms with van der Waals surface area (Å²) in [5.41, 5.74) is 9.38. The summed E-state index contributed by atoms with van der Waals surface area (Å²) in [6, 6.07) is 19.5. The van der Waals surface area contributed by atoms with E-state index in [9.17, 15) is 9.18 Å². The number of para-hydroxylation sites is 1. The van der Waals surface area contributed by atoms with E-state index in [0.717, 1.165) is 27.7 Å². The first-order valence-electron chi connectivity index (χ1n) is 10.8. The SMILES string of the molecule is COc1cc2nccc(-c3cccc(Nc4cc(C(N)=O)nc5c(F)cccc45)c3)c2cc1OC. The predicted octanol–water partition coefficient (Wildman–Crippen LogP) is 5.45. The molecule has 0 atom stereocenters. The van der Waals surface area contributed by atoms with Gasteiger partial charge >= 0.3 is 0 Å². The van der Waals surface area contributed by atoms with E-state index in [0.29, 0.717) is 22.6 Å². The minimum atomic E-state index is -0.736. The number of primary amides is 1. The van der Waals surface area contributed by atoms with Gasteiger partial charge in [0.25, 0.3) is 5.91 Å². The number of ether oxygens (including phenoxy) is 2. The van der Waals surface area contributed by atoms with Gasteiger partial charge in [0.15, 0.2) is 11.5 Å². The average Bonchev–Trinajstić information content (AvgIpc) is 2.88. The number of nitrogens with zero attached hydrogens (tertiary/aromatic N) is 2. The molecule has 0 aliphatic carbocycles. The quantitative estimate of drug-likeness (QED) is 0.344. The first-order chi connectivity index (χ1) is 17.0. The van der Waals surface area contributed by atoms with Crippen LogP contribution in [-0.2, 0) is 0 Å². The van der Waals surface area contributed by atoms with E-state index in [2.05, 4.69) is 15.3 Å². The van der Waals surface area contributed by atoms with Crippen molar-refractivity contribution in [2.24, 2.45) is 5.73 Å². The van der Waals surface area contributed by atoms with Crippen molar-refractivity contribution in [3.8, 4) is 22.6 Å². The summed E-state index contributed by atoms with van der Waals surface area (Å²) in [6.07, 6.45) is 1.74. The number of carbonyl (C=O) groups excluding carboxylic acids is 1. The summed E-state index contributed by atoms with van der Waals surface area (Å²) in [4.78, 5) is 20.4. The topological polar surface area (TPSA) is 99.4 Å². The number of hydrogen-bond acceptors (Lipinski definition) is 6. The second-order valence-electron chi connectivity index (χ2n) is 7.84. The molecule has 0 spiro atoms. The van der Waals surface area contributed by atoms with E-state index in [1.54, 1.807) is 32.5 Å². The van der Waals surface area contributed by atoms with Gasteiger partial charge in [-0.15, -0.1) is 0 Å². The maximum Gasteiger partial charge on any atom is 0.267 e. The van der Waals surface area contributed by atoms with Gasteiger partial charge in [-0.2, -0.15) is 0 Å². The lowest BCUT2D eigenvalue weighted by atomic mass is 10.0. The van der Waals surface area contributed by atoms with E-state index in [4.69, 9.17) is 15.2 Å². The van der Waals surface area contributed by atoms with Gasteiger partial charge in [0.05, 0.1) is 25.4 Å². The molecule has 5 aromatic rings. The summed E-state index contributed by atoms with van der Waals surface area (Å²) in [5.74, 6) is -0.0653. The van der Waals surface area contributed by atoms with Crippen LogP contribution in [0.25, 0.3) is 32.9 Å². The molecule has 0 bridgehead atoms. The normalized spacial score (nSPS) is 10.9. The van der Waals surface area contributed by atoms with Gasteiger partial charge in [0.1, 0.15) is 17.0 Å². The molecule has 0 fully saturated rings. The predicted molar refractivity (Wildman–Crippen MR) is 134 cm³/mol. The number of anilines is 2. The Labute approximate surface area is 200 Å². The number of nitrogens with two attached hydrogens (primary N) is 1. The van der Waals surface area contributed by atoms with E-state index >= 15 is 0 Å². The fourth-order valence-corrected chi connectivity index (χ4v) is 4.09. The molecule has 0 saturated heterocycles. The molecule has 0 saturated carbocycles. The third kappa shape index (κ3) is 4.06. The van der Waals surface area contributed by atoms with Gasteiger partial charge in [-0.05, 0) is 47.5 Å². The molecule has 5 rings (SSSR count). The molecule has 1 amide bonds. The number of halogens is 1. The summed E-state index contributed by atoms with van der Waals surface area (Å²) in [7, 11) is 3.17. The number of aromatic nitrogens is 2. The molecule has 0 radical (unpaired) electrons. The molecule has 3 aromatic carbocycles. The van der Waals surface area contributed by atoms with Crippen LogP contribution in [-0.4, -0.2) is 30.1 Å². The van der Waals surface area contributed by atoms with Crippen LogP contribution in [0, 0.1) is 5.82 Å². The lowest BCUT2D eigenvalue weighted by Crippen LogP contribution is -2.14. The molecule has 0 aliphatic heterocycles. The first-order valence-corrected chi connectivity index (χ1v) is 10.8. The average molecular weight is 468 g/mol. The Bertz CT molecular complexity index is 1600. The van der Waals surface area contributed by atoms with Gasteiger partial charge in [-0.3, -0.25) is 9.78 Å². The van der Waals surface area contributed by atoms with Crippen LogP contribution < -0.4 is 20.5 Å². The van der Waals surface area contributed by atoms with Crippen LogP contribution in [0.2, 0.25) is 0 Å². The highest BCUT2D eigenvalue weighted by atomic mass is 19.1. The fraction of sp³-hybridized carbons (Fsp3) is 0.0741. The number of rotatable bonds is 6. The molecule has 3 N–H and O–H groups in total. The summed E-state index contributed by atoms with van der Waals surface area (Å²) in [5, 5.41) is 4.73. The van der Waals surface area contributed by atoms with Crippen molar-refractivity contribution in [3.05, 3.63) is 84.4 Å². The highest BCUT2D eigenvalue weighted by molar-refractivity contribution is 6.01. The zero-order valence-electron chi connectivity index (χ0n) is 19.0. The fourth-order valence-electron chi connectivity index (χ4n) is 4.09. The smallest absolute Gasteiger partial charge is 0.267 e. The highest BCUT2D eigenvalue weighted by Gasteiger charge is 2.14. The van der Waals surface area contributed by atoms with E-state index < -0.39 is 11.7 Å². The third-order valence-electron chi connectivity index (χ3n) is 5.74. The van der Waals surface area contributed by atoms with E-state index in [-0.39, 0.29) is 11.2 Å². The second kappa shape index (κ2) is 8.90. The summed E-state index contributed by atoms with van der Waals surface area (Å²) < 4.78 is 25.3. The van der Waals surface area contributed by atoms with Gasteiger partial charge in [-0.25, -0.2) is 9.37 Å². The van der Waals surface area contributed by atoms with Crippen molar-refractivity contribution in [2.75, 3.05) is 19.5 Å². The van der Waals surface area contributed by atoms with Crippen LogP contribution in [0.1, 0.15) is 10.5 Å². The number of benzene rings is 3. The Morgan fingerprint density at radius 2 is 1.71 bits per heavy atom. The second-order valence-corrected chi connectivity index (χ2v) is 7.84. The Morgan fingerprint density at radius 3 is 2.49 bits per heavy atom. The van der Waals surface area contributed by atoms with E-state index in [1.165, 1.54) is 12.1 Å². The van der Waals surface area contributed by atoms with Crippen molar-refractivity contribution >= 4 is 39.1 Å². The molecule has 174 valence electrons. The number of amides is 1. The van der Waals surface area contributed by atoms with E-state index in [1.807, 2.05) is 42.5 Å². The van der Waals surface area contributed by atoms with Gasteiger partial charge < -0.3 is 20.5 Å². The molecule has 0 unspecified atom stereocenters. The molecule has 2 aromatic heterocycles. The van der Waals surface area contributed by atoms with Crippen LogP contribution in [0.3, 0.4) is 0 Å². The summed E-state index contributed by atoms with van der Waals surface area (Å²) in [6.45, 7) is 0. The number of fused-ring (bicyclic) bond motifs is 2. The summed E-state index contributed by atoms with van der Waals surface area (Å²) >= 11 is 0. The van der Waals surface area contributed by atoms with Crippen molar-refractivity contribution < 1.29 is 18.7 Å². The van der Waals surface area contributed by atoms with Crippen molar-refractivity contribution in [1.82, 2.24) is 9.97 Å². The number of nitrogens with one attached hydrogen (secondary N) is 1. The third-order valence-corrected chi connectivity index (χ3v) is 5.74. The van der Waals surface area contributed by atoms with Crippen molar-refractivity contribution in [3.63, 3.8) is 0 Å². The standard InChI is InChI=1S/C27H21FN4O3/c1-34-24-12-19-17(9-10-30-21(19)14-25(24)35-2)15-5-3-6-16(11-15)31-22-13-23(27(29)33)32-26-18(22)7-4-8-20(26)28/h3-14H,1-2H3,(H2,29,33)(H,31,32). The molecule has 35 heavy (non-hydrogen) atoms. The van der Waals surface area contributed by atoms with Crippen LogP contribution in [0.15, 0.2) is 72.9 Å². The largest absolute Gasteiger partial charge is 0.493 e. The van der Waals surface area contributed by atoms with Gasteiger partial charge in [0, 0.05) is 28.7 Å². The molecule has 2 heterocycles. The van der Waals surface area contributed by atoms with Gasteiger partial charge in [-0.1, -0.05) is 24.3 Å². The maximum atomic E-state index is 14.4. The van der Waals surface area contributed by atoms with Crippen molar-refractivity contribution in [2.45, 2.75) is 0 Å². The number of carbonyl (C=O) groups is 1. The number of hydrogen-bond donors (Lipinski definition) is 2. The number of methoxy groups -OCH3 is 2. The van der Waals surface area contributed by atoms with Gasteiger partial charge in [0.2, 0.25) is 0 Å². The molecular weight excluding hydrogens is 447 g/mol. The lowest BCUT2D eigenvalue weighted by Gasteiger charge is -2.14. The molecule has 7 nitrogen and oxygen atoms in total. The monoisotopic (exact) mass is 468 g/mol. The Hall–Kier alpha value is -4.72. The molecular formula is C27H21FN4O3. The zero-order chi connectivity index (χ0) is 24.5. The van der Waals surface area contributed by atoms with Crippen LogP contribution in [0.5, 0.6) is 11.5 Å². The van der Waals surface area contributed by atoms with Crippen LogP contribution >= 0.6 is 0 Å². The Kier molecular flexibility index (Phi) is 5.62. The number of pyridine rings is 2. The Morgan fingerprint density at radius 1 is 0.943 bits per heavy atom.